The number of thiocarbonyl (C=S) groups is 1. The number of hydrogen-bond donors (Lipinski definition) is 2. The molecule has 2 atom stereocenters. The molecule has 2 aromatic carbocycles. The summed E-state index contributed by atoms with van der Waals surface area (Å²) in [4.78, 5) is 29.0. The first-order chi connectivity index (χ1) is 18.3. The molecule has 206 valence electrons. The van der Waals surface area contributed by atoms with Crippen LogP contribution in [0.25, 0.3) is 0 Å². The van der Waals surface area contributed by atoms with E-state index in [1.165, 1.54) is 17.0 Å². The van der Waals surface area contributed by atoms with Crippen LogP contribution in [0.2, 0.25) is 10.0 Å². The van der Waals surface area contributed by atoms with Crippen molar-refractivity contribution in [3.05, 3.63) is 52.0 Å². The zero-order valence-corrected chi connectivity index (χ0v) is 23.9. The number of hydrogen-bond acceptors (Lipinski definition) is 8. The number of amides is 2. The number of ether oxygens (including phenoxy) is 3. The van der Waals surface area contributed by atoms with Crippen LogP contribution in [0.5, 0.6) is 0 Å². The smallest absolute Gasteiger partial charge is 0.411 e. The Hall–Kier alpha value is -2.98. The predicted octanol–water partition coefficient (Wildman–Crippen LogP) is 4.84. The molecular weight excluding hydrogens is 567 g/mol. The number of nitrogens with zero attached hydrogens (tertiary/aromatic N) is 3. The molecule has 2 aliphatic rings. The average Bonchev–Trinajstić information content (AvgIpc) is 3.27. The molecule has 2 heterocycles. The van der Waals surface area contributed by atoms with Gasteiger partial charge in [0.05, 0.1) is 33.6 Å². The Morgan fingerprint density at radius 3 is 2.44 bits per heavy atom. The first-order valence-corrected chi connectivity index (χ1v) is 13.0. The number of nitriles is 1. The highest BCUT2D eigenvalue weighted by Gasteiger charge is 2.50. The van der Waals surface area contributed by atoms with Gasteiger partial charge in [-0.25, -0.2) is 4.79 Å². The Morgan fingerprint density at radius 2 is 1.79 bits per heavy atom. The van der Waals surface area contributed by atoms with Crippen molar-refractivity contribution in [2.24, 2.45) is 0 Å². The van der Waals surface area contributed by atoms with Gasteiger partial charge in [0.25, 0.3) is 5.91 Å². The van der Waals surface area contributed by atoms with Crippen LogP contribution >= 0.6 is 35.4 Å². The van der Waals surface area contributed by atoms with Crippen molar-refractivity contribution in [1.29, 1.82) is 5.26 Å². The normalized spacial score (nSPS) is 21.7. The second-order valence-corrected chi connectivity index (χ2v) is 11.1. The van der Waals surface area contributed by atoms with Gasteiger partial charge >= 0.3 is 6.09 Å². The van der Waals surface area contributed by atoms with E-state index in [1.54, 1.807) is 56.9 Å². The fraction of sp³-hybridized carbons (Fsp3) is 0.385. The molecule has 0 spiro atoms. The molecule has 0 bridgehead atoms. The lowest BCUT2D eigenvalue weighted by molar-refractivity contribution is -0.151. The molecule has 10 nitrogen and oxygen atoms in total. The highest BCUT2D eigenvalue weighted by molar-refractivity contribution is 7.81. The number of rotatable bonds is 6. The Labute approximate surface area is 240 Å². The van der Waals surface area contributed by atoms with Crippen molar-refractivity contribution >= 4 is 69.6 Å². The quantitative estimate of drug-likeness (QED) is 0.453. The van der Waals surface area contributed by atoms with Crippen LogP contribution in [0, 0.1) is 11.3 Å². The molecule has 2 fully saturated rings. The largest absolute Gasteiger partial charge is 0.446 e. The number of nitrogens with one attached hydrogen (secondary N) is 1. The second-order valence-electron chi connectivity index (χ2n) is 9.88. The second kappa shape index (κ2) is 10.9. The molecule has 2 aromatic rings. The third kappa shape index (κ3) is 5.68. The van der Waals surface area contributed by atoms with Crippen LogP contribution in [-0.2, 0) is 19.0 Å². The van der Waals surface area contributed by atoms with E-state index in [0.717, 1.165) is 0 Å². The fourth-order valence-electron chi connectivity index (χ4n) is 4.45. The van der Waals surface area contributed by atoms with Crippen molar-refractivity contribution in [2.75, 3.05) is 28.3 Å². The van der Waals surface area contributed by atoms with Gasteiger partial charge in [0.1, 0.15) is 30.4 Å². The van der Waals surface area contributed by atoms with Crippen molar-refractivity contribution in [3.8, 4) is 6.07 Å². The van der Waals surface area contributed by atoms with Crippen LogP contribution in [0.3, 0.4) is 0 Å². The van der Waals surface area contributed by atoms with Gasteiger partial charge in [-0.05, 0) is 76.3 Å². The van der Waals surface area contributed by atoms with Gasteiger partial charge in [-0.3, -0.25) is 15.0 Å². The van der Waals surface area contributed by atoms with Gasteiger partial charge in [0.15, 0.2) is 10.9 Å². The minimum Gasteiger partial charge on any atom is -0.446 e. The van der Waals surface area contributed by atoms with Gasteiger partial charge in [0, 0.05) is 5.69 Å². The number of carbonyl (C=O) groups is 2. The maximum absolute atomic E-state index is 13.5. The van der Waals surface area contributed by atoms with Crippen molar-refractivity contribution < 1.29 is 28.9 Å². The molecule has 2 amide bonds. The Bertz CT molecular complexity index is 1380. The minimum atomic E-state index is -1.10. The van der Waals surface area contributed by atoms with E-state index in [4.69, 9.17) is 49.6 Å². The summed E-state index contributed by atoms with van der Waals surface area (Å²) in [6, 6.07) is 11.4. The van der Waals surface area contributed by atoms with Crippen molar-refractivity contribution in [3.63, 3.8) is 0 Å². The van der Waals surface area contributed by atoms with E-state index in [1.807, 2.05) is 6.07 Å². The van der Waals surface area contributed by atoms with Gasteiger partial charge in [-0.2, -0.15) is 5.26 Å². The summed E-state index contributed by atoms with van der Waals surface area (Å²) in [7, 11) is 0. The summed E-state index contributed by atoms with van der Waals surface area (Å²) >= 11 is 18.2. The number of benzene rings is 2. The molecule has 2 N–H and O–H groups in total. The summed E-state index contributed by atoms with van der Waals surface area (Å²) in [5.41, 5.74) is 0.317. The van der Waals surface area contributed by atoms with Crippen LogP contribution < -0.4 is 15.1 Å². The van der Waals surface area contributed by atoms with Gasteiger partial charge in [-0.15, -0.1) is 0 Å². The molecule has 2 aliphatic heterocycles. The van der Waals surface area contributed by atoms with Crippen molar-refractivity contribution in [1.82, 2.24) is 0 Å². The summed E-state index contributed by atoms with van der Waals surface area (Å²) in [5.74, 6) is -1.22. The number of anilines is 3. The maximum Gasteiger partial charge on any atom is 0.411 e. The van der Waals surface area contributed by atoms with Crippen LogP contribution in [0.4, 0.5) is 21.9 Å². The average molecular weight is 593 g/mol. The van der Waals surface area contributed by atoms with Crippen LogP contribution in [0.1, 0.15) is 33.3 Å². The van der Waals surface area contributed by atoms with E-state index >= 15 is 0 Å². The Balaban J connectivity index is 1.53. The van der Waals surface area contributed by atoms with E-state index in [0.29, 0.717) is 11.4 Å². The lowest BCUT2D eigenvalue weighted by Gasteiger charge is -2.30. The highest BCUT2D eigenvalue weighted by Crippen LogP contribution is 2.39. The molecular formula is C26H26Cl2N4O6S. The highest BCUT2D eigenvalue weighted by atomic mass is 35.5. The summed E-state index contributed by atoms with van der Waals surface area (Å²) < 4.78 is 16.6. The van der Waals surface area contributed by atoms with E-state index in [2.05, 4.69) is 5.32 Å². The zero-order valence-electron chi connectivity index (χ0n) is 21.5. The van der Waals surface area contributed by atoms with Crippen LogP contribution in [-0.4, -0.2) is 59.0 Å². The first kappa shape index (κ1) is 29.0. The standard InChI is InChI=1S/C26H26Cl2N4O6S/c1-25(2)22(34)31(15-6-5-14(11-29)18(28)9-15)24(39)32(25)16-7-8-17(27)19(10-16)30-23(35)36-13-21-20(12-33)37-26(3,4)38-21/h5-10,20-21,33H,12-13H2,1-4H3,(H,30,35)/t20-,21-/m1/s1. The SMILES string of the molecule is CC1(C)O[C@H](CO)[C@@H](COC(=O)Nc2cc(N3C(=S)N(c4ccc(C#N)c(Cl)c4)C(=O)C3(C)C)ccc2Cl)O1. The number of aliphatic hydroxyl groups excluding tert-OH is 1. The third-order valence-electron chi connectivity index (χ3n) is 6.29. The molecule has 2 saturated heterocycles. The lowest BCUT2D eigenvalue weighted by atomic mass is 10.0. The lowest BCUT2D eigenvalue weighted by Crippen LogP contribution is -2.44. The van der Waals surface area contributed by atoms with E-state index in [-0.39, 0.29) is 45.5 Å². The molecule has 39 heavy (non-hydrogen) atoms. The van der Waals surface area contributed by atoms with Crippen LogP contribution in [0.15, 0.2) is 36.4 Å². The van der Waals surface area contributed by atoms with E-state index in [9.17, 15) is 20.0 Å². The minimum absolute atomic E-state index is 0.155. The molecule has 0 unspecified atom stereocenters. The molecule has 4 rings (SSSR count). The molecule has 0 radical (unpaired) electrons. The van der Waals surface area contributed by atoms with E-state index < -0.39 is 29.6 Å². The Morgan fingerprint density at radius 1 is 1.13 bits per heavy atom. The summed E-state index contributed by atoms with van der Waals surface area (Å²) in [6.45, 7) is 6.39. The number of carbonyl (C=O) groups excluding carboxylic acids is 2. The fourth-order valence-corrected chi connectivity index (χ4v) is 5.35. The molecule has 0 aromatic heterocycles. The number of halogens is 2. The third-order valence-corrected chi connectivity index (χ3v) is 7.30. The monoisotopic (exact) mass is 592 g/mol. The predicted molar refractivity (Wildman–Crippen MR) is 150 cm³/mol. The maximum atomic E-state index is 13.5. The van der Waals surface area contributed by atoms with Gasteiger partial charge < -0.3 is 24.2 Å². The first-order valence-electron chi connectivity index (χ1n) is 11.9. The topological polar surface area (TPSA) is 124 Å². The summed E-state index contributed by atoms with van der Waals surface area (Å²) in [5, 5.41) is 21.9. The Kier molecular flexibility index (Phi) is 8.10. The van der Waals surface area contributed by atoms with Crippen molar-refractivity contribution in [2.45, 2.75) is 51.2 Å². The van der Waals surface area contributed by atoms with Gasteiger partial charge in [0.2, 0.25) is 0 Å². The molecule has 13 heteroatoms. The summed E-state index contributed by atoms with van der Waals surface area (Å²) in [6.07, 6.45) is -2.08. The molecule has 0 saturated carbocycles. The zero-order chi connectivity index (χ0) is 28.7. The molecule has 0 aliphatic carbocycles. The van der Waals surface area contributed by atoms with Gasteiger partial charge in [-0.1, -0.05) is 23.2 Å². The number of aliphatic hydroxyl groups is 1.